The number of anilines is 2. The smallest absolute Gasteiger partial charge is 0.326 e. The number of hydrogen-bond donors (Lipinski definition) is 2. The van der Waals surface area contributed by atoms with Crippen molar-refractivity contribution < 1.29 is 14.7 Å². The lowest BCUT2D eigenvalue weighted by atomic mass is 9.77. The van der Waals surface area contributed by atoms with E-state index in [1.165, 1.54) is 5.56 Å². The van der Waals surface area contributed by atoms with E-state index in [1.807, 2.05) is 18.2 Å². The van der Waals surface area contributed by atoms with Gasteiger partial charge >= 0.3 is 12.0 Å². The summed E-state index contributed by atoms with van der Waals surface area (Å²) in [4.78, 5) is 25.6. The van der Waals surface area contributed by atoms with E-state index < -0.39 is 5.97 Å². The zero-order valence-electron chi connectivity index (χ0n) is 19.5. The summed E-state index contributed by atoms with van der Waals surface area (Å²) in [6.07, 6.45) is 5.21. The van der Waals surface area contributed by atoms with Gasteiger partial charge in [0.15, 0.2) is 0 Å². The van der Waals surface area contributed by atoms with E-state index in [0.29, 0.717) is 35.5 Å². The number of carbonyl (C=O) groups excluding carboxylic acids is 1. The minimum Gasteiger partial charge on any atom is -0.481 e. The average molecular weight is 489 g/mol. The molecule has 0 atom stereocenters. The van der Waals surface area contributed by atoms with Gasteiger partial charge in [0.05, 0.1) is 10.7 Å². The molecule has 0 radical (unpaired) electrons. The molecule has 2 N–H and O–H groups in total. The highest BCUT2D eigenvalue weighted by Crippen LogP contribution is 2.38. The Morgan fingerprint density at radius 3 is 2.37 bits per heavy atom. The van der Waals surface area contributed by atoms with Crippen LogP contribution in [0.4, 0.5) is 16.2 Å². The van der Waals surface area contributed by atoms with E-state index in [0.717, 1.165) is 54.5 Å². The molecule has 1 fully saturated rings. The third-order valence-electron chi connectivity index (χ3n) is 7.36. The fourth-order valence-electron chi connectivity index (χ4n) is 5.43. The number of hydrogen-bond acceptors (Lipinski definition) is 2. The number of fused-ring (bicyclic) bond motifs is 1. The number of carbonyl (C=O) groups is 2. The number of rotatable bonds is 5. The lowest BCUT2D eigenvalue weighted by Crippen LogP contribution is -2.33. The van der Waals surface area contributed by atoms with Gasteiger partial charge < -0.3 is 10.4 Å². The predicted octanol–water partition coefficient (Wildman–Crippen LogP) is 7.35. The molecule has 5 nitrogen and oxygen atoms in total. The van der Waals surface area contributed by atoms with Crippen LogP contribution in [0.25, 0.3) is 11.1 Å². The fourth-order valence-corrected chi connectivity index (χ4v) is 5.62. The van der Waals surface area contributed by atoms with Gasteiger partial charge in [-0.1, -0.05) is 54.1 Å². The van der Waals surface area contributed by atoms with Crippen LogP contribution in [0.2, 0.25) is 5.02 Å². The van der Waals surface area contributed by atoms with Gasteiger partial charge in [-0.2, -0.15) is 0 Å². The molecular formula is C29H29ClN2O3. The lowest BCUT2D eigenvalue weighted by molar-refractivity contribution is -0.138. The third-order valence-corrected chi connectivity index (χ3v) is 7.69. The van der Waals surface area contributed by atoms with Crippen molar-refractivity contribution >= 4 is 35.0 Å². The molecule has 0 bridgehead atoms. The monoisotopic (exact) mass is 488 g/mol. The summed E-state index contributed by atoms with van der Waals surface area (Å²) in [7, 11) is 0. The van der Waals surface area contributed by atoms with Crippen molar-refractivity contribution in [1.82, 2.24) is 0 Å². The van der Waals surface area contributed by atoms with Crippen LogP contribution in [-0.2, 0) is 11.2 Å². The highest BCUT2D eigenvalue weighted by atomic mass is 35.5. The van der Waals surface area contributed by atoms with Gasteiger partial charge in [0.2, 0.25) is 0 Å². The quantitative estimate of drug-likeness (QED) is 0.394. The van der Waals surface area contributed by atoms with Gasteiger partial charge in [-0.25, -0.2) is 4.79 Å². The largest absolute Gasteiger partial charge is 0.481 e. The Labute approximate surface area is 210 Å². The van der Waals surface area contributed by atoms with Gasteiger partial charge in [-0.05, 0) is 90.5 Å². The van der Waals surface area contributed by atoms with Crippen LogP contribution in [0, 0.1) is 5.92 Å². The van der Waals surface area contributed by atoms with Crippen molar-refractivity contribution in [3.63, 3.8) is 0 Å². The lowest BCUT2D eigenvalue weighted by Gasteiger charge is -2.28. The number of nitrogens with one attached hydrogen (secondary N) is 1. The Morgan fingerprint density at radius 1 is 0.943 bits per heavy atom. The minimum atomic E-state index is -0.684. The van der Waals surface area contributed by atoms with Gasteiger partial charge in [0.25, 0.3) is 0 Å². The zero-order valence-corrected chi connectivity index (χ0v) is 20.3. The summed E-state index contributed by atoms with van der Waals surface area (Å²) in [6.45, 7) is 0.637. The van der Waals surface area contributed by atoms with Crippen molar-refractivity contribution in [3.05, 3.63) is 82.9 Å². The molecule has 3 aromatic carbocycles. The zero-order chi connectivity index (χ0) is 24.4. The molecule has 1 aliphatic carbocycles. The van der Waals surface area contributed by atoms with Crippen LogP contribution in [0.15, 0.2) is 66.7 Å². The van der Waals surface area contributed by atoms with Crippen LogP contribution in [0.5, 0.6) is 0 Å². The molecule has 3 aromatic rings. The van der Waals surface area contributed by atoms with E-state index >= 15 is 0 Å². The molecule has 1 heterocycles. The average Bonchev–Trinajstić information content (AvgIpc) is 3.29. The summed E-state index contributed by atoms with van der Waals surface area (Å²) in [5, 5.41) is 12.5. The van der Waals surface area contributed by atoms with Gasteiger partial charge in [0, 0.05) is 18.7 Å². The third kappa shape index (κ3) is 5.20. The summed E-state index contributed by atoms with van der Waals surface area (Å²) >= 11 is 6.19. The molecule has 1 aliphatic heterocycles. The van der Waals surface area contributed by atoms with Crippen LogP contribution >= 0.6 is 11.6 Å². The molecule has 0 saturated heterocycles. The van der Waals surface area contributed by atoms with E-state index in [1.54, 1.807) is 17.0 Å². The molecule has 2 aliphatic rings. The molecule has 0 unspecified atom stereocenters. The second-order valence-electron chi connectivity index (χ2n) is 9.59. The first-order valence-electron chi connectivity index (χ1n) is 12.3. The highest BCUT2D eigenvalue weighted by Gasteiger charge is 2.26. The molecule has 0 aromatic heterocycles. The van der Waals surface area contributed by atoms with Crippen molar-refractivity contribution in [3.8, 4) is 11.1 Å². The molecule has 0 spiro atoms. The van der Waals surface area contributed by atoms with Crippen molar-refractivity contribution in [1.29, 1.82) is 0 Å². The Hall–Kier alpha value is -3.31. The first-order chi connectivity index (χ1) is 17.0. The van der Waals surface area contributed by atoms with E-state index in [2.05, 4.69) is 41.7 Å². The second-order valence-corrected chi connectivity index (χ2v) is 10.00. The normalized spacial score (nSPS) is 19.3. The Morgan fingerprint density at radius 2 is 1.66 bits per heavy atom. The maximum atomic E-state index is 12.9. The van der Waals surface area contributed by atoms with Crippen LogP contribution < -0.4 is 10.2 Å². The Bertz CT molecular complexity index is 1230. The van der Waals surface area contributed by atoms with Crippen molar-refractivity contribution in [2.45, 2.75) is 44.4 Å². The SMILES string of the molecule is O=C(O)CC1CCC(c2ccc(-c3ccc4c(c3)CCN4C(=O)Nc3ccccc3Cl)cc2)CC1. The Kier molecular flexibility index (Phi) is 6.78. The summed E-state index contributed by atoms with van der Waals surface area (Å²) in [5.41, 5.74) is 6.36. The molecule has 35 heavy (non-hydrogen) atoms. The number of nitrogens with zero attached hydrogens (tertiary/aromatic N) is 1. The molecule has 5 rings (SSSR count). The van der Waals surface area contributed by atoms with Crippen molar-refractivity contribution in [2.75, 3.05) is 16.8 Å². The van der Waals surface area contributed by atoms with E-state index in [4.69, 9.17) is 16.7 Å². The first-order valence-corrected chi connectivity index (χ1v) is 12.6. The van der Waals surface area contributed by atoms with Gasteiger partial charge in [0.1, 0.15) is 0 Å². The number of urea groups is 1. The topological polar surface area (TPSA) is 69.6 Å². The predicted molar refractivity (Wildman–Crippen MR) is 140 cm³/mol. The van der Waals surface area contributed by atoms with Crippen LogP contribution in [0.3, 0.4) is 0 Å². The number of carboxylic acids is 1. The van der Waals surface area contributed by atoms with Crippen LogP contribution in [-0.4, -0.2) is 23.7 Å². The Balaban J connectivity index is 1.25. The second kappa shape index (κ2) is 10.1. The molecule has 180 valence electrons. The standard InChI is InChI=1S/C29H29ClN2O3/c30-25-3-1-2-4-26(25)31-29(35)32-16-15-24-18-23(13-14-27(24)32)22-11-9-21(10-12-22)20-7-5-19(6-8-20)17-28(33)34/h1-4,9-14,18-20H,5-8,15-17H2,(H,31,35)(H,33,34). The first kappa shape index (κ1) is 23.4. The van der Waals surface area contributed by atoms with Crippen molar-refractivity contribution in [2.24, 2.45) is 5.92 Å². The molecular weight excluding hydrogens is 460 g/mol. The maximum absolute atomic E-state index is 12.9. The number of aliphatic carboxylic acids is 1. The van der Waals surface area contributed by atoms with E-state index in [9.17, 15) is 9.59 Å². The fraction of sp³-hybridized carbons (Fsp3) is 0.310. The van der Waals surface area contributed by atoms with Crippen LogP contribution in [0.1, 0.15) is 49.1 Å². The number of halogens is 1. The summed E-state index contributed by atoms with van der Waals surface area (Å²) in [5.74, 6) is 0.150. The minimum absolute atomic E-state index is 0.174. The number of amides is 2. The molecule has 2 amide bonds. The number of para-hydroxylation sites is 1. The van der Waals surface area contributed by atoms with Gasteiger partial charge in [-0.15, -0.1) is 0 Å². The number of carboxylic acid groups (broad SMARTS) is 1. The maximum Gasteiger partial charge on any atom is 0.326 e. The number of benzene rings is 3. The van der Waals surface area contributed by atoms with E-state index in [-0.39, 0.29) is 6.03 Å². The summed E-state index contributed by atoms with van der Waals surface area (Å²) < 4.78 is 0. The summed E-state index contributed by atoms with van der Waals surface area (Å²) in [6, 6.07) is 22.1. The highest BCUT2D eigenvalue weighted by molar-refractivity contribution is 6.33. The van der Waals surface area contributed by atoms with Gasteiger partial charge in [-0.3, -0.25) is 9.69 Å². The molecule has 6 heteroatoms. The molecule has 1 saturated carbocycles.